The van der Waals surface area contributed by atoms with Crippen LogP contribution in [0.1, 0.15) is 36.1 Å². The molecule has 1 amide bonds. The third-order valence-corrected chi connectivity index (χ3v) is 3.16. The third kappa shape index (κ3) is 5.26. The highest BCUT2D eigenvalue weighted by Gasteiger charge is 2.40. The molecule has 0 aliphatic heterocycles. The second-order valence-electron chi connectivity index (χ2n) is 4.32. The minimum absolute atomic E-state index is 0.0857. The van der Waals surface area contributed by atoms with Crippen LogP contribution in [0.25, 0.3) is 0 Å². The van der Waals surface area contributed by atoms with E-state index in [1.54, 1.807) is 13.8 Å². The molecule has 0 saturated carbocycles. The van der Waals surface area contributed by atoms with Gasteiger partial charge < -0.3 is 9.47 Å². The number of halogens is 3. The van der Waals surface area contributed by atoms with Gasteiger partial charge >= 0.3 is 12.1 Å². The van der Waals surface area contributed by atoms with Gasteiger partial charge in [-0.15, -0.1) is 0 Å². The van der Waals surface area contributed by atoms with Crippen molar-refractivity contribution in [3.8, 4) is 0 Å². The molecule has 0 spiro atoms. The number of anilines is 1. The van der Waals surface area contributed by atoms with Crippen LogP contribution in [0.2, 0.25) is 0 Å². The fraction of sp³-hybridized carbons (Fsp3) is 0.583. The number of hydrogen-bond donors (Lipinski definition) is 1. The molecule has 1 aromatic rings. The Balaban J connectivity index is 2.93. The molecule has 0 aliphatic carbocycles. The standard InChI is InChI=1S/C12H15F3N2O4S/c1-4-20-10(19)8-9(12(13,14)15)22-11(17-8)16-7(18)5-21-6(2)3/h6H,4-5H2,1-3H3,(H,16,17,18). The van der Waals surface area contributed by atoms with Crippen molar-refractivity contribution < 1.29 is 32.2 Å². The zero-order chi connectivity index (χ0) is 16.9. The van der Waals surface area contributed by atoms with Crippen LogP contribution >= 0.6 is 11.3 Å². The minimum atomic E-state index is -4.77. The summed E-state index contributed by atoms with van der Waals surface area (Å²) < 4.78 is 48.2. The maximum atomic E-state index is 12.9. The van der Waals surface area contributed by atoms with Crippen LogP contribution in [-0.2, 0) is 20.4 Å². The average molecular weight is 340 g/mol. The number of hydrogen-bond acceptors (Lipinski definition) is 6. The molecular formula is C12H15F3N2O4S. The number of rotatable bonds is 6. The first-order valence-corrected chi connectivity index (χ1v) is 7.13. The van der Waals surface area contributed by atoms with Crippen LogP contribution in [-0.4, -0.2) is 36.2 Å². The Bertz CT molecular complexity index is 543. The number of nitrogens with one attached hydrogen (secondary N) is 1. The van der Waals surface area contributed by atoms with Gasteiger partial charge in [-0.2, -0.15) is 13.2 Å². The zero-order valence-electron chi connectivity index (χ0n) is 12.1. The number of nitrogens with zero attached hydrogens (tertiary/aromatic N) is 1. The zero-order valence-corrected chi connectivity index (χ0v) is 12.9. The molecule has 22 heavy (non-hydrogen) atoms. The summed E-state index contributed by atoms with van der Waals surface area (Å²) in [5.74, 6) is -1.85. The van der Waals surface area contributed by atoms with Crippen LogP contribution in [0.4, 0.5) is 18.3 Å². The number of carbonyl (C=O) groups excluding carboxylic acids is 2. The molecule has 1 heterocycles. The van der Waals surface area contributed by atoms with Crippen molar-refractivity contribution in [1.82, 2.24) is 4.98 Å². The van der Waals surface area contributed by atoms with E-state index in [9.17, 15) is 22.8 Å². The van der Waals surface area contributed by atoms with Gasteiger partial charge in [0.2, 0.25) is 0 Å². The van der Waals surface area contributed by atoms with Gasteiger partial charge in [-0.05, 0) is 20.8 Å². The molecule has 1 N–H and O–H groups in total. The SMILES string of the molecule is CCOC(=O)c1nc(NC(=O)COC(C)C)sc1C(F)(F)F. The van der Waals surface area contributed by atoms with E-state index in [2.05, 4.69) is 15.0 Å². The maximum Gasteiger partial charge on any atom is 0.428 e. The van der Waals surface area contributed by atoms with Crippen molar-refractivity contribution in [2.75, 3.05) is 18.5 Å². The summed E-state index contributed by atoms with van der Waals surface area (Å²) in [7, 11) is 0. The van der Waals surface area contributed by atoms with Crippen molar-refractivity contribution in [3.05, 3.63) is 10.6 Å². The molecule has 124 valence electrons. The predicted molar refractivity (Wildman–Crippen MR) is 72.8 cm³/mol. The number of aromatic nitrogens is 1. The van der Waals surface area contributed by atoms with Gasteiger partial charge in [-0.25, -0.2) is 9.78 Å². The molecule has 0 fully saturated rings. The van der Waals surface area contributed by atoms with E-state index in [0.29, 0.717) is 0 Å². The molecule has 0 atom stereocenters. The number of esters is 1. The molecule has 1 rings (SSSR count). The van der Waals surface area contributed by atoms with Crippen molar-refractivity contribution in [2.24, 2.45) is 0 Å². The number of carbonyl (C=O) groups is 2. The van der Waals surface area contributed by atoms with Gasteiger partial charge in [0.05, 0.1) is 12.7 Å². The summed E-state index contributed by atoms with van der Waals surface area (Å²) in [6.07, 6.45) is -4.97. The Morgan fingerprint density at radius 3 is 2.50 bits per heavy atom. The first kappa shape index (κ1) is 18.4. The van der Waals surface area contributed by atoms with Crippen molar-refractivity contribution in [1.29, 1.82) is 0 Å². The highest BCUT2D eigenvalue weighted by molar-refractivity contribution is 7.16. The predicted octanol–water partition coefficient (Wildman–Crippen LogP) is 2.70. The van der Waals surface area contributed by atoms with Gasteiger partial charge in [0.15, 0.2) is 10.8 Å². The lowest BCUT2D eigenvalue weighted by Crippen LogP contribution is -2.20. The summed E-state index contributed by atoms with van der Waals surface area (Å²) in [4.78, 5) is 25.3. The molecular weight excluding hydrogens is 325 g/mol. The van der Waals surface area contributed by atoms with Gasteiger partial charge in [0.1, 0.15) is 11.5 Å². The highest BCUT2D eigenvalue weighted by atomic mass is 32.1. The Hall–Kier alpha value is -1.68. The van der Waals surface area contributed by atoms with Crippen molar-refractivity contribution in [3.63, 3.8) is 0 Å². The van der Waals surface area contributed by atoms with Crippen LogP contribution in [0, 0.1) is 0 Å². The first-order chi connectivity index (χ1) is 10.1. The minimum Gasteiger partial charge on any atom is -0.461 e. The summed E-state index contributed by atoms with van der Waals surface area (Å²) >= 11 is 0.159. The summed E-state index contributed by atoms with van der Waals surface area (Å²) in [5, 5.41) is 1.82. The van der Waals surface area contributed by atoms with Gasteiger partial charge in [-0.1, -0.05) is 11.3 Å². The monoisotopic (exact) mass is 340 g/mol. The molecule has 10 heteroatoms. The van der Waals surface area contributed by atoms with Crippen molar-refractivity contribution >= 4 is 28.3 Å². The maximum absolute atomic E-state index is 12.9. The fourth-order valence-corrected chi connectivity index (χ4v) is 2.14. The Kier molecular flexibility index (Phi) is 6.30. The Morgan fingerprint density at radius 2 is 2.00 bits per heavy atom. The van der Waals surface area contributed by atoms with Crippen molar-refractivity contribution in [2.45, 2.75) is 33.1 Å². The molecule has 0 aromatic carbocycles. The average Bonchev–Trinajstić information content (AvgIpc) is 2.80. The number of alkyl halides is 3. The lowest BCUT2D eigenvalue weighted by Gasteiger charge is -2.06. The third-order valence-electron chi connectivity index (χ3n) is 2.15. The van der Waals surface area contributed by atoms with Gasteiger partial charge in [0, 0.05) is 0 Å². The van der Waals surface area contributed by atoms with E-state index in [1.807, 2.05) is 0 Å². The summed E-state index contributed by atoms with van der Waals surface area (Å²) in [5.41, 5.74) is -0.862. The van der Waals surface area contributed by atoms with E-state index in [4.69, 9.17) is 4.74 Å². The Morgan fingerprint density at radius 1 is 1.36 bits per heavy atom. The number of thiazole rings is 1. The smallest absolute Gasteiger partial charge is 0.428 e. The van der Waals surface area contributed by atoms with E-state index in [1.165, 1.54) is 6.92 Å². The molecule has 0 bridgehead atoms. The fourth-order valence-electron chi connectivity index (χ4n) is 1.30. The van der Waals surface area contributed by atoms with E-state index >= 15 is 0 Å². The lowest BCUT2D eigenvalue weighted by molar-refractivity contribution is -0.135. The van der Waals surface area contributed by atoms with Gasteiger partial charge in [-0.3, -0.25) is 10.1 Å². The quantitative estimate of drug-likeness (QED) is 0.806. The normalized spacial score (nSPS) is 11.6. The van der Waals surface area contributed by atoms with Gasteiger partial charge in [0.25, 0.3) is 5.91 Å². The largest absolute Gasteiger partial charge is 0.461 e. The first-order valence-electron chi connectivity index (χ1n) is 6.31. The molecule has 0 unspecified atom stereocenters. The number of amides is 1. The van der Waals surface area contributed by atoms with Crippen LogP contribution in [0.15, 0.2) is 0 Å². The molecule has 1 aromatic heterocycles. The number of ether oxygens (including phenoxy) is 2. The van der Waals surface area contributed by atoms with Crippen LogP contribution < -0.4 is 5.32 Å². The molecule has 0 radical (unpaired) electrons. The van der Waals surface area contributed by atoms with E-state index < -0.39 is 28.6 Å². The van der Waals surface area contributed by atoms with Crippen LogP contribution in [0.5, 0.6) is 0 Å². The molecule has 6 nitrogen and oxygen atoms in total. The highest BCUT2D eigenvalue weighted by Crippen LogP contribution is 2.38. The van der Waals surface area contributed by atoms with Crippen LogP contribution in [0.3, 0.4) is 0 Å². The summed E-state index contributed by atoms with van der Waals surface area (Å²) in [6.45, 7) is 4.46. The summed E-state index contributed by atoms with van der Waals surface area (Å²) in [6, 6.07) is 0. The molecule has 0 aliphatic rings. The lowest BCUT2D eigenvalue weighted by atomic mass is 10.3. The Labute approximate surface area is 128 Å². The molecule has 0 saturated heterocycles. The van der Waals surface area contributed by atoms with E-state index in [-0.39, 0.29) is 35.8 Å². The topological polar surface area (TPSA) is 77.5 Å². The second kappa shape index (κ2) is 7.54. The van der Waals surface area contributed by atoms with E-state index in [0.717, 1.165) is 0 Å². The second-order valence-corrected chi connectivity index (χ2v) is 5.32.